The van der Waals surface area contributed by atoms with Crippen LogP contribution in [0, 0.1) is 5.92 Å². The van der Waals surface area contributed by atoms with Crippen LogP contribution in [0.3, 0.4) is 0 Å². The molecule has 1 fully saturated rings. The fraction of sp³-hybridized carbons (Fsp3) is 0.611. The van der Waals surface area contributed by atoms with Gasteiger partial charge < -0.3 is 20.5 Å². The van der Waals surface area contributed by atoms with Gasteiger partial charge >= 0.3 is 0 Å². The summed E-state index contributed by atoms with van der Waals surface area (Å²) >= 11 is 12.1. The summed E-state index contributed by atoms with van der Waals surface area (Å²) in [6, 6.07) is 5.38. The standard InChI is InChI=1S/C18H27Cl2N3O2.HI/c1-13(16-4-3-15(19)11-17(16)20)23-18(21)22-7-2-8-25-12-14-5-9-24-10-6-14;/h3-4,11,13-14H,2,5-10,12H2,1H3,(H3,21,22,23);1H. The van der Waals surface area contributed by atoms with E-state index >= 15 is 0 Å². The first-order valence-electron chi connectivity index (χ1n) is 8.73. The quantitative estimate of drug-likeness (QED) is 0.233. The number of hydrogen-bond donors (Lipinski definition) is 2. The number of nitrogens with zero attached hydrogens (tertiary/aromatic N) is 1. The third-order valence-corrected chi connectivity index (χ3v) is 4.78. The normalized spacial score (nSPS) is 16.8. The molecule has 26 heavy (non-hydrogen) atoms. The van der Waals surface area contributed by atoms with Gasteiger partial charge in [-0.3, -0.25) is 4.99 Å². The molecule has 0 saturated carbocycles. The number of benzene rings is 1. The molecule has 1 atom stereocenters. The van der Waals surface area contributed by atoms with E-state index in [2.05, 4.69) is 10.3 Å². The van der Waals surface area contributed by atoms with Crippen LogP contribution in [-0.2, 0) is 9.47 Å². The van der Waals surface area contributed by atoms with Gasteiger partial charge in [-0.25, -0.2) is 0 Å². The van der Waals surface area contributed by atoms with Gasteiger partial charge in [-0.15, -0.1) is 24.0 Å². The molecule has 0 aliphatic carbocycles. The van der Waals surface area contributed by atoms with Crippen molar-refractivity contribution in [2.24, 2.45) is 16.6 Å². The fourth-order valence-electron chi connectivity index (χ4n) is 2.73. The SMILES string of the molecule is CC(NC(N)=NCCCOCC1CCOCC1)c1ccc(Cl)cc1Cl.I. The van der Waals surface area contributed by atoms with Crippen LogP contribution in [0.5, 0.6) is 0 Å². The molecule has 8 heteroatoms. The molecular formula is C18H28Cl2IN3O2. The minimum Gasteiger partial charge on any atom is -0.381 e. The Balaban J connectivity index is 0.00000338. The molecule has 1 heterocycles. The minimum absolute atomic E-state index is 0. The summed E-state index contributed by atoms with van der Waals surface area (Å²) < 4.78 is 11.1. The van der Waals surface area contributed by atoms with Crippen molar-refractivity contribution in [3.05, 3.63) is 33.8 Å². The molecule has 1 aromatic carbocycles. The number of guanidine groups is 1. The largest absolute Gasteiger partial charge is 0.381 e. The molecule has 5 nitrogen and oxygen atoms in total. The van der Waals surface area contributed by atoms with Gasteiger partial charge in [0, 0.05) is 43.0 Å². The number of hydrogen-bond acceptors (Lipinski definition) is 3. The highest BCUT2D eigenvalue weighted by atomic mass is 127. The van der Waals surface area contributed by atoms with E-state index in [1.165, 1.54) is 0 Å². The van der Waals surface area contributed by atoms with E-state index in [4.69, 9.17) is 38.4 Å². The van der Waals surface area contributed by atoms with Crippen molar-refractivity contribution in [2.75, 3.05) is 33.0 Å². The second-order valence-electron chi connectivity index (χ2n) is 6.28. The highest BCUT2D eigenvalue weighted by Gasteiger charge is 2.13. The van der Waals surface area contributed by atoms with Gasteiger partial charge in [0.2, 0.25) is 0 Å². The fourth-order valence-corrected chi connectivity index (χ4v) is 3.30. The zero-order valence-corrected chi connectivity index (χ0v) is 18.9. The molecule has 1 aromatic rings. The molecule has 0 amide bonds. The zero-order chi connectivity index (χ0) is 18.1. The summed E-state index contributed by atoms with van der Waals surface area (Å²) in [6.07, 6.45) is 3.04. The van der Waals surface area contributed by atoms with Crippen LogP contribution in [0.15, 0.2) is 23.2 Å². The van der Waals surface area contributed by atoms with Crippen molar-refractivity contribution in [3.63, 3.8) is 0 Å². The molecule has 0 bridgehead atoms. The van der Waals surface area contributed by atoms with Gasteiger partial charge in [0.1, 0.15) is 0 Å². The van der Waals surface area contributed by atoms with Crippen LogP contribution < -0.4 is 11.1 Å². The highest BCUT2D eigenvalue weighted by Crippen LogP contribution is 2.25. The Bertz CT molecular complexity index is 569. The van der Waals surface area contributed by atoms with Crippen LogP contribution in [0.4, 0.5) is 0 Å². The lowest BCUT2D eigenvalue weighted by atomic mass is 10.0. The number of rotatable bonds is 8. The Morgan fingerprint density at radius 2 is 2.12 bits per heavy atom. The molecule has 3 N–H and O–H groups in total. The van der Waals surface area contributed by atoms with Crippen LogP contribution in [0.2, 0.25) is 10.0 Å². The van der Waals surface area contributed by atoms with Gasteiger partial charge in [-0.1, -0.05) is 29.3 Å². The number of nitrogens with one attached hydrogen (secondary N) is 1. The Kier molecular flexibility index (Phi) is 11.9. The molecule has 1 aliphatic heterocycles. The molecule has 0 radical (unpaired) electrons. The van der Waals surface area contributed by atoms with Crippen molar-refractivity contribution in [1.29, 1.82) is 0 Å². The van der Waals surface area contributed by atoms with Crippen LogP contribution in [0.1, 0.15) is 37.8 Å². The summed E-state index contributed by atoms with van der Waals surface area (Å²) in [4.78, 5) is 4.34. The average molecular weight is 516 g/mol. The van der Waals surface area contributed by atoms with Crippen molar-refractivity contribution in [1.82, 2.24) is 5.32 Å². The summed E-state index contributed by atoms with van der Waals surface area (Å²) in [6.45, 7) is 5.84. The molecular weight excluding hydrogens is 488 g/mol. The van der Waals surface area contributed by atoms with Crippen molar-refractivity contribution in [2.45, 2.75) is 32.2 Å². The molecule has 1 unspecified atom stereocenters. The summed E-state index contributed by atoms with van der Waals surface area (Å²) in [5.41, 5.74) is 6.87. The van der Waals surface area contributed by atoms with Gasteiger partial charge in [0.25, 0.3) is 0 Å². The van der Waals surface area contributed by atoms with E-state index in [-0.39, 0.29) is 30.0 Å². The molecule has 1 aliphatic rings. The van der Waals surface area contributed by atoms with E-state index < -0.39 is 0 Å². The topological polar surface area (TPSA) is 68.9 Å². The van der Waals surface area contributed by atoms with E-state index in [1.54, 1.807) is 6.07 Å². The van der Waals surface area contributed by atoms with Crippen LogP contribution in [0.25, 0.3) is 0 Å². The Morgan fingerprint density at radius 3 is 2.81 bits per heavy atom. The Hall–Kier alpha value is -0.280. The first-order valence-corrected chi connectivity index (χ1v) is 9.48. The first-order chi connectivity index (χ1) is 12.1. The van der Waals surface area contributed by atoms with Crippen molar-refractivity contribution < 1.29 is 9.47 Å². The maximum atomic E-state index is 6.20. The predicted octanol–water partition coefficient (Wildman–Crippen LogP) is 4.41. The summed E-state index contributed by atoms with van der Waals surface area (Å²) in [5.74, 6) is 1.04. The second kappa shape index (κ2) is 13.0. The maximum Gasteiger partial charge on any atom is 0.189 e. The van der Waals surface area contributed by atoms with Gasteiger partial charge in [-0.05, 0) is 49.8 Å². The second-order valence-corrected chi connectivity index (χ2v) is 7.13. The van der Waals surface area contributed by atoms with Gasteiger partial charge in [0.05, 0.1) is 6.04 Å². The Labute approximate surface area is 183 Å². The van der Waals surface area contributed by atoms with E-state index in [0.717, 1.165) is 44.6 Å². The number of nitrogens with two attached hydrogens (primary N) is 1. The Morgan fingerprint density at radius 1 is 1.38 bits per heavy atom. The summed E-state index contributed by atoms with van der Waals surface area (Å²) in [7, 11) is 0. The molecule has 1 saturated heterocycles. The lowest BCUT2D eigenvalue weighted by molar-refractivity contribution is 0.0205. The predicted molar refractivity (Wildman–Crippen MR) is 119 cm³/mol. The van der Waals surface area contributed by atoms with Crippen LogP contribution in [-0.4, -0.2) is 38.9 Å². The first kappa shape index (κ1) is 23.8. The highest BCUT2D eigenvalue weighted by molar-refractivity contribution is 14.0. The molecule has 2 rings (SSSR count). The van der Waals surface area contributed by atoms with Gasteiger partial charge in [-0.2, -0.15) is 0 Å². The molecule has 0 aromatic heterocycles. The van der Waals surface area contributed by atoms with E-state index in [1.807, 2.05) is 19.1 Å². The van der Waals surface area contributed by atoms with E-state index in [9.17, 15) is 0 Å². The number of aliphatic imine (C=N–C) groups is 1. The average Bonchev–Trinajstić information content (AvgIpc) is 2.58. The molecule has 148 valence electrons. The van der Waals surface area contributed by atoms with Crippen LogP contribution >= 0.6 is 47.2 Å². The summed E-state index contributed by atoms with van der Waals surface area (Å²) in [5, 5.41) is 4.37. The van der Waals surface area contributed by atoms with Crippen molar-refractivity contribution >= 4 is 53.1 Å². The third kappa shape index (κ3) is 8.61. The lowest BCUT2D eigenvalue weighted by Gasteiger charge is -2.21. The van der Waals surface area contributed by atoms with E-state index in [0.29, 0.717) is 35.1 Å². The zero-order valence-electron chi connectivity index (χ0n) is 15.0. The van der Waals surface area contributed by atoms with Crippen molar-refractivity contribution in [3.8, 4) is 0 Å². The van der Waals surface area contributed by atoms with Gasteiger partial charge in [0.15, 0.2) is 5.96 Å². The monoisotopic (exact) mass is 515 g/mol. The third-order valence-electron chi connectivity index (χ3n) is 4.22. The minimum atomic E-state index is -0.0433. The lowest BCUT2D eigenvalue weighted by Crippen LogP contribution is -2.34. The number of ether oxygens (including phenoxy) is 2. The molecule has 0 spiro atoms. The number of halogens is 3. The maximum absolute atomic E-state index is 6.20. The smallest absolute Gasteiger partial charge is 0.189 e.